The Hall–Kier alpha value is -1.20. The summed E-state index contributed by atoms with van der Waals surface area (Å²) in [6.07, 6.45) is 2.63. The first-order valence-electron chi connectivity index (χ1n) is 7.09. The molecule has 2 aromatic heterocycles. The standard InChI is InChI=1S/C15H24N4S/c1-9(2)12(16)6-7-19(5)14-13-10(3)11(4)20-15(13)18-8-17-14/h8-9,12H,6-7,16H2,1-5H3. The molecule has 2 heterocycles. The summed E-state index contributed by atoms with van der Waals surface area (Å²) in [4.78, 5) is 13.5. The molecule has 0 saturated carbocycles. The lowest BCUT2D eigenvalue weighted by atomic mass is 10.0. The van der Waals surface area contributed by atoms with E-state index in [1.807, 2.05) is 0 Å². The van der Waals surface area contributed by atoms with Crippen molar-refractivity contribution < 1.29 is 0 Å². The van der Waals surface area contributed by atoms with Crippen molar-refractivity contribution in [2.45, 2.75) is 40.2 Å². The van der Waals surface area contributed by atoms with E-state index >= 15 is 0 Å². The molecule has 1 atom stereocenters. The normalized spacial score (nSPS) is 13.2. The van der Waals surface area contributed by atoms with E-state index in [2.05, 4.69) is 49.6 Å². The smallest absolute Gasteiger partial charge is 0.140 e. The third-order valence-electron chi connectivity index (χ3n) is 3.96. The van der Waals surface area contributed by atoms with Crippen molar-refractivity contribution >= 4 is 27.4 Å². The summed E-state index contributed by atoms with van der Waals surface area (Å²) in [7, 11) is 2.08. The van der Waals surface area contributed by atoms with Crippen LogP contribution in [0.5, 0.6) is 0 Å². The molecule has 2 aromatic rings. The summed E-state index contributed by atoms with van der Waals surface area (Å²) < 4.78 is 0. The quantitative estimate of drug-likeness (QED) is 0.920. The largest absolute Gasteiger partial charge is 0.359 e. The van der Waals surface area contributed by atoms with E-state index < -0.39 is 0 Å². The van der Waals surface area contributed by atoms with Gasteiger partial charge in [0.15, 0.2) is 0 Å². The third kappa shape index (κ3) is 2.94. The molecule has 0 aliphatic carbocycles. The highest BCUT2D eigenvalue weighted by atomic mass is 32.1. The Bertz CT molecular complexity index is 591. The van der Waals surface area contributed by atoms with Gasteiger partial charge in [-0.05, 0) is 31.7 Å². The number of hydrogen-bond donors (Lipinski definition) is 1. The van der Waals surface area contributed by atoms with E-state index in [0.29, 0.717) is 5.92 Å². The molecule has 2 rings (SSSR count). The number of anilines is 1. The Morgan fingerprint density at radius 3 is 2.65 bits per heavy atom. The minimum Gasteiger partial charge on any atom is -0.359 e. The molecule has 4 nitrogen and oxygen atoms in total. The van der Waals surface area contributed by atoms with Gasteiger partial charge in [0, 0.05) is 24.5 Å². The summed E-state index contributed by atoms with van der Waals surface area (Å²) in [5.74, 6) is 1.53. The third-order valence-corrected chi connectivity index (χ3v) is 5.08. The van der Waals surface area contributed by atoms with Crippen LogP contribution in [0.3, 0.4) is 0 Å². The van der Waals surface area contributed by atoms with E-state index in [-0.39, 0.29) is 6.04 Å². The van der Waals surface area contributed by atoms with Gasteiger partial charge in [0.2, 0.25) is 0 Å². The van der Waals surface area contributed by atoms with Crippen molar-refractivity contribution in [3.05, 3.63) is 16.8 Å². The Kier molecular flexibility index (Phi) is 4.60. The predicted molar refractivity (Wildman–Crippen MR) is 87.6 cm³/mol. The van der Waals surface area contributed by atoms with E-state index in [1.54, 1.807) is 17.7 Å². The maximum atomic E-state index is 6.13. The number of hydrogen-bond acceptors (Lipinski definition) is 5. The van der Waals surface area contributed by atoms with Gasteiger partial charge in [-0.3, -0.25) is 0 Å². The van der Waals surface area contributed by atoms with Crippen LogP contribution in [0.25, 0.3) is 10.2 Å². The van der Waals surface area contributed by atoms with Crippen LogP contribution in [0.1, 0.15) is 30.7 Å². The van der Waals surface area contributed by atoms with Gasteiger partial charge in [0.05, 0.1) is 5.39 Å². The van der Waals surface area contributed by atoms with Crippen LogP contribution in [-0.2, 0) is 0 Å². The summed E-state index contributed by atoms with van der Waals surface area (Å²) >= 11 is 1.74. The summed E-state index contributed by atoms with van der Waals surface area (Å²) in [5.41, 5.74) is 7.42. The van der Waals surface area contributed by atoms with Crippen LogP contribution in [0, 0.1) is 19.8 Å². The van der Waals surface area contributed by atoms with Crippen molar-refractivity contribution in [1.82, 2.24) is 9.97 Å². The molecule has 0 radical (unpaired) electrons. The highest BCUT2D eigenvalue weighted by Crippen LogP contribution is 2.33. The van der Waals surface area contributed by atoms with Crippen molar-refractivity contribution in [3.8, 4) is 0 Å². The second-order valence-electron chi connectivity index (χ2n) is 5.78. The molecule has 0 spiro atoms. The fraction of sp³-hybridized carbons (Fsp3) is 0.600. The lowest BCUT2D eigenvalue weighted by molar-refractivity contribution is 0.466. The topological polar surface area (TPSA) is 55.0 Å². The number of aryl methyl sites for hydroxylation is 2. The number of rotatable bonds is 5. The van der Waals surface area contributed by atoms with Crippen LogP contribution in [0.2, 0.25) is 0 Å². The molecule has 0 saturated heterocycles. The highest BCUT2D eigenvalue weighted by molar-refractivity contribution is 7.18. The minimum absolute atomic E-state index is 0.236. The Labute approximate surface area is 125 Å². The molecule has 0 amide bonds. The van der Waals surface area contributed by atoms with E-state index in [1.165, 1.54) is 15.8 Å². The molecule has 5 heteroatoms. The van der Waals surface area contributed by atoms with Crippen molar-refractivity contribution in [1.29, 1.82) is 0 Å². The van der Waals surface area contributed by atoms with E-state index in [9.17, 15) is 0 Å². The van der Waals surface area contributed by atoms with Gasteiger partial charge in [-0.1, -0.05) is 13.8 Å². The van der Waals surface area contributed by atoms with Gasteiger partial charge >= 0.3 is 0 Å². The minimum atomic E-state index is 0.236. The molecule has 0 fully saturated rings. The number of nitrogens with zero attached hydrogens (tertiary/aromatic N) is 3. The van der Waals surface area contributed by atoms with Gasteiger partial charge in [-0.25, -0.2) is 9.97 Å². The highest BCUT2D eigenvalue weighted by Gasteiger charge is 2.16. The first-order chi connectivity index (χ1) is 9.41. The molecule has 20 heavy (non-hydrogen) atoms. The van der Waals surface area contributed by atoms with Gasteiger partial charge in [0.25, 0.3) is 0 Å². The van der Waals surface area contributed by atoms with Gasteiger partial charge in [-0.15, -0.1) is 11.3 Å². The maximum Gasteiger partial charge on any atom is 0.140 e. The van der Waals surface area contributed by atoms with Gasteiger partial charge in [-0.2, -0.15) is 0 Å². The van der Waals surface area contributed by atoms with Gasteiger partial charge in [0.1, 0.15) is 17.0 Å². The Morgan fingerprint density at radius 1 is 1.30 bits per heavy atom. The molecular weight excluding hydrogens is 268 g/mol. The maximum absolute atomic E-state index is 6.13. The van der Waals surface area contributed by atoms with Crippen LogP contribution in [0.4, 0.5) is 5.82 Å². The average molecular weight is 292 g/mol. The molecule has 1 unspecified atom stereocenters. The fourth-order valence-corrected chi connectivity index (χ4v) is 3.23. The molecular formula is C15H24N4S. The number of thiophene rings is 1. The molecule has 0 bridgehead atoms. The van der Waals surface area contributed by atoms with E-state index in [4.69, 9.17) is 5.73 Å². The molecule has 2 N–H and O–H groups in total. The average Bonchev–Trinajstić information content (AvgIpc) is 2.71. The zero-order valence-corrected chi connectivity index (χ0v) is 13.8. The second-order valence-corrected chi connectivity index (χ2v) is 6.98. The summed E-state index contributed by atoms with van der Waals surface area (Å²) in [5, 5.41) is 1.19. The zero-order valence-electron chi connectivity index (χ0n) is 13.0. The number of fused-ring (bicyclic) bond motifs is 1. The first kappa shape index (κ1) is 15.2. The van der Waals surface area contributed by atoms with Crippen molar-refractivity contribution in [2.75, 3.05) is 18.5 Å². The van der Waals surface area contributed by atoms with Crippen LogP contribution >= 0.6 is 11.3 Å². The Balaban J connectivity index is 2.24. The second kappa shape index (κ2) is 6.06. The molecule has 0 aliphatic rings. The van der Waals surface area contributed by atoms with Crippen molar-refractivity contribution in [2.24, 2.45) is 11.7 Å². The number of nitrogens with two attached hydrogens (primary N) is 1. The number of aromatic nitrogens is 2. The van der Waals surface area contributed by atoms with E-state index in [0.717, 1.165) is 23.6 Å². The fourth-order valence-electron chi connectivity index (χ4n) is 2.24. The molecule has 0 aromatic carbocycles. The summed E-state index contributed by atoms with van der Waals surface area (Å²) in [6.45, 7) is 9.54. The summed E-state index contributed by atoms with van der Waals surface area (Å²) in [6, 6.07) is 0.236. The molecule has 110 valence electrons. The SMILES string of the molecule is Cc1sc2ncnc(N(C)CCC(N)C(C)C)c2c1C. The Morgan fingerprint density at radius 2 is 2.00 bits per heavy atom. The van der Waals surface area contributed by atoms with Crippen LogP contribution in [0.15, 0.2) is 6.33 Å². The predicted octanol–water partition coefficient (Wildman–Crippen LogP) is 3.12. The van der Waals surface area contributed by atoms with Gasteiger partial charge < -0.3 is 10.6 Å². The lowest BCUT2D eigenvalue weighted by Gasteiger charge is -2.22. The van der Waals surface area contributed by atoms with Crippen LogP contribution in [-0.4, -0.2) is 29.6 Å². The molecule has 0 aliphatic heterocycles. The zero-order chi connectivity index (χ0) is 14.9. The first-order valence-corrected chi connectivity index (χ1v) is 7.91. The van der Waals surface area contributed by atoms with Crippen molar-refractivity contribution in [3.63, 3.8) is 0 Å². The lowest BCUT2D eigenvalue weighted by Crippen LogP contribution is -2.32. The monoisotopic (exact) mass is 292 g/mol. The van der Waals surface area contributed by atoms with Crippen LogP contribution < -0.4 is 10.6 Å².